The Bertz CT molecular complexity index is 1820. The fourth-order valence-electron chi connectivity index (χ4n) is 13.9. The summed E-state index contributed by atoms with van der Waals surface area (Å²) < 4.78 is 47.9. The lowest BCUT2D eigenvalue weighted by Crippen LogP contribution is -2.67. The number of hydrogen-bond acceptors (Lipinski definition) is 14. The third-order valence-electron chi connectivity index (χ3n) is 17.0. The van der Waals surface area contributed by atoms with Crippen LogP contribution < -0.4 is 0 Å². The molecule has 0 radical (unpaired) electrons. The van der Waals surface area contributed by atoms with Gasteiger partial charge in [-0.15, -0.1) is 0 Å². The maximum atomic E-state index is 12.7. The summed E-state index contributed by atoms with van der Waals surface area (Å²) in [5.74, 6) is -2.65. The third-order valence-corrected chi connectivity index (χ3v) is 17.0. The van der Waals surface area contributed by atoms with Crippen LogP contribution in [-0.2, 0) is 66.7 Å². The maximum absolute atomic E-state index is 12.7. The average Bonchev–Trinajstić information content (AvgIpc) is 3.14. The first kappa shape index (κ1) is 47.9. The summed E-state index contributed by atoms with van der Waals surface area (Å²) in [6, 6.07) is 0. The van der Waals surface area contributed by atoms with Crippen molar-refractivity contribution in [3.63, 3.8) is 0 Å². The molecule has 0 aromatic rings. The standard InChI is InChI=1S/C48H72O14/c1-26(49)55-24-34-39(58-29(4)52)40(59-30(5)53)41(60-31(6)54)42(61-34)62-38-23-43(7,8)22-33-32-14-15-36-45(10)18-17-37(57-28(3)51)46(11,25-56-27(2)50)35(45)16-19-48(36,13)47(32,12)21-20-44(33,38)9/h14,33-42H,15-25H2,1-13H3. The molecule has 0 spiro atoms. The molecule has 4 saturated carbocycles. The number of carbonyl (C=O) groups excluding carboxylic acids is 6. The molecule has 1 heterocycles. The van der Waals surface area contributed by atoms with E-state index in [4.69, 9.17) is 37.9 Å². The molecule has 0 N–H and O–H groups in total. The Morgan fingerprint density at radius 1 is 0.613 bits per heavy atom. The minimum atomic E-state index is -1.32. The summed E-state index contributed by atoms with van der Waals surface area (Å²) >= 11 is 0. The van der Waals surface area contributed by atoms with Crippen molar-refractivity contribution >= 4 is 35.8 Å². The van der Waals surface area contributed by atoms with E-state index in [1.54, 1.807) is 0 Å². The van der Waals surface area contributed by atoms with Crippen molar-refractivity contribution in [3.05, 3.63) is 11.6 Å². The van der Waals surface area contributed by atoms with Gasteiger partial charge < -0.3 is 37.9 Å². The molecule has 14 heteroatoms. The number of rotatable bonds is 10. The van der Waals surface area contributed by atoms with Crippen LogP contribution in [0.15, 0.2) is 11.6 Å². The zero-order valence-electron chi connectivity index (χ0n) is 39.3. The van der Waals surface area contributed by atoms with Crippen molar-refractivity contribution in [2.24, 2.45) is 50.2 Å². The van der Waals surface area contributed by atoms with Gasteiger partial charge in [-0.05, 0) is 97.2 Å². The number of fused-ring (bicyclic) bond motifs is 7. The van der Waals surface area contributed by atoms with Gasteiger partial charge in [-0.25, -0.2) is 0 Å². The van der Waals surface area contributed by atoms with Crippen molar-refractivity contribution in [2.75, 3.05) is 13.2 Å². The molecule has 1 aliphatic heterocycles. The lowest BCUT2D eigenvalue weighted by Gasteiger charge is -2.72. The molecule has 15 atom stereocenters. The Morgan fingerprint density at radius 3 is 1.81 bits per heavy atom. The van der Waals surface area contributed by atoms with Crippen molar-refractivity contribution in [2.45, 2.75) is 191 Å². The van der Waals surface area contributed by atoms with Gasteiger partial charge >= 0.3 is 35.8 Å². The molecule has 15 unspecified atom stereocenters. The predicted octanol–water partition coefficient (Wildman–Crippen LogP) is 7.36. The number of hydrogen-bond donors (Lipinski definition) is 0. The highest BCUT2D eigenvalue weighted by Crippen LogP contribution is 2.76. The highest BCUT2D eigenvalue weighted by atomic mass is 16.7. The van der Waals surface area contributed by atoms with Crippen LogP contribution in [0.1, 0.15) is 148 Å². The number of esters is 6. The molecule has 1 saturated heterocycles. The second kappa shape index (κ2) is 17.1. The largest absolute Gasteiger partial charge is 0.465 e. The van der Waals surface area contributed by atoms with Gasteiger partial charge in [0, 0.05) is 52.4 Å². The van der Waals surface area contributed by atoms with E-state index in [1.807, 2.05) is 0 Å². The van der Waals surface area contributed by atoms with Gasteiger partial charge in [-0.2, -0.15) is 0 Å². The molecule has 0 aromatic carbocycles. The molecule has 6 rings (SSSR count). The van der Waals surface area contributed by atoms with E-state index in [-0.39, 0.29) is 70.2 Å². The van der Waals surface area contributed by atoms with Gasteiger partial charge in [0.15, 0.2) is 24.6 Å². The molecule has 0 bridgehead atoms. The second-order valence-electron chi connectivity index (χ2n) is 21.5. The Balaban J connectivity index is 1.36. The molecule has 0 aromatic heterocycles. The summed E-state index contributed by atoms with van der Waals surface area (Å²) in [6.45, 7) is 24.1. The molecule has 6 aliphatic rings. The van der Waals surface area contributed by atoms with Crippen LogP contribution in [0.3, 0.4) is 0 Å². The van der Waals surface area contributed by atoms with Crippen LogP contribution in [0, 0.1) is 50.2 Å². The zero-order chi connectivity index (χ0) is 46.0. The van der Waals surface area contributed by atoms with E-state index in [9.17, 15) is 28.8 Å². The SMILES string of the molecule is CC(=O)OCC1OC(OC2CC(C)(C)CC3C4=CCC5C6(C)CCC(OC(C)=O)C(C)(COC(C)=O)C6CCC5(C)C4(C)CCC23C)C(OC(C)=O)C(OC(C)=O)C1OC(C)=O. The molecule has 348 valence electrons. The van der Waals surface area contributed by atoms with Crippen LogP contribution in [0.25, 0.3) is 0 Å². The summed E-state index contributed by atoms with van der Waals surface area (Å²) in [5, 5.41) is 0. The van der Waals surface area contributed by atoms with Crippen molar-refractivity contribution in [3.8, 4) is 0 Å². The Hall–Kier alpha value is -3.52. The first-order valence-corrected chi connectivity index (χ1v) is 22.7. The van der Waals surface area contributed by atoms with Gasteiger partial charge in [0.05, 0.1) is 6.10 Å². The van der Waals surface area contributed by atoms with Gasteiger partial charge in [0.1, 0.15) is 25.4 Å². The molecule has 62 heavy (non-hydrogen) atoms. The number of allylic oxidation sites excluding steroid dienone is 2. The highest BCUT2D eigenvalue weighted by Gasteiger charge is 2.70. The van der Waals surface area contributed by atoms with E-state index in [2.05, 4.69) is 54.5 Å². The summed E-state index contributed by atoms with van der Waals surface area (Å²) in [4.78, 5) is 74.3. The highest BCUT2D eigenvalue weighted by molar-refractivity contribution is 5.69. The normalized spacial score (nSPS) is 43.1. The molecular formula is C48H72O14. The third kappa shape index (κ3) is 8.56. The average molecular weight is 873 g/mol. The Labute approximate surface area is 367 Å². The zero-order valence-corrected chi connectivity index (χ0v) is 39.3. The molecule has 5 aliphatic carbocycles. The molecule has 14 nitrogen and oxygen atoms in total. The number of carbonyl (C=O) groups is 6. The van der Waals surface area contributed by atoms with Crippen LogP contribution >= 0.6 is 0 Å². The Morgan fingerprint density at radius 2 is 1.21 bits per heavy atom. The van der Waals surface area contributed by atoms with Gasteiger partial charge in [0.25, 0.3) is 0 Å². The minimum Gasteiger partial charge on any atom is -0.465 e. The fourth-order valence-corrected chi connectivity index (χ4v) is 13.9. The van der Waals surface area contributed by atoms with Gasteiger partial charge in [0.2, 0.25) is 0 Å². The van der Waals surface area contributed by atoms with Crippen molar-refractivity contribution in [1.82, 2.24) is 0 Å². The monoisotopic (exact) mass is 872 g/mol. The molecule has 5 fully saturated rings. The van der Waals surface area contributed by atoms with Gasteiger partial charge in [-0.1, -0.05) is 60.1 Å². The second-order valence-corrected chi connectivity index (χ2v) is 21.5. The van der Waals surface area contributed by atoms with Crippen LogP contribution in [0.5, 0.6) is 0 Å². The topological polar surface area (TPSA) is 176 Å². The smallest absolute Gasteiger partial charge is 0.303 e. The van der Waals surface area contributed by atoms with Crippen molar-refractivity contribution in [1.29, 1.82) is 0 Å². The van der Waals surface area contributed by atoms with E-state index in [0.29, 0.717) is 18.8 Å². The minimum absolute atomic E-state index is 0.0575. The van der Waals surface area contributed by atoms with Crippen molar-refractivity contribution < 1.29 is 66.7 Å². The molecular weight excluding hydrogens is 801 g/mol. The van der Waals surface area contributed by atoms with Gasteiger partial charge in [-0.3, -0.25) is 28.8 Å². The van der Waals surface area contributed by atoms with E-state index in [0.717, 1.165) is 44.9 Å². The van der Waals surface area contributed by atoms with Crippen LogP contribution in [-0.4, -0.2) is 91.9 Å². The quantitative estimate of drug-likeness (QED) is 0.121. The van der Waals surface area contributed by atoms with Crippen LogP contribution in [0.2, 0.25) is 0 Å². The Kier molecular flexibility index (Phi) is 13.2. The van der Waals surface area contributed by atoms with E-state index < -0.39 is 66.1 Å². The molecule has 0 amide bonds. The van der Waals surface area contributed by atoms with E-state index in [1.165, 1.54) is 47.1 Å². The lowest BCUT2D eigenvalue weighted by atomic mass is 9.33. The summed E-state index contributed by atoms with van der Waals surface area (Å²) in [6.07, 6.45) is 3.32. The van der Waals surface area contributed by atoms with Crippen LogP contribution in [0.4, 0.5) is 0 Å². The first-order valence-electron chi connectivity index (χ1n) is 22.7. The maximum Gasteiger partial charge on any atom is 0.303 e. The first-order chi connectivity index (χ1) is 28.7. The predicted molar refractivity (Wildman–Crippen MR) is 223 cm³/mol. The summed E-state index contributed by atoms with van der Waals surface area (Å²) in [5.41, 5.74) is 0.0747. The lowest BCUT2D eigenvalue weighted by molar-refractivity contribution is -0.332. The summed E-state index contributed by atoms with van der Waals surface area (Å²) in [7, 11) is 0. The number of ether oxygens (including phenoxy) is 8. The fraction of sp³-hybridized carbons (Fsp3) is 0.833. The van der Waals surface area contributed by atoms with E-state index >= 15 is 0 Å².